The molecule has 0 aromatic carbocycles. The van der Waals surface area contributed by atoms with E-state index in [4.69, 9.17) is 4.98 Å². The molecule has 0 amide bonds. The van der Waals surface area contributed by atoms with E-state index in [0.717, 1.165) is 37.7 Å². The molecule has 1 N–H and O–H groups in total. The Kier molecular flexibility index (Phi) is 4.20. The molecule has 4 nitrogen and oxygen atoms in total. The van der Waals surface area contributed by atoms with Gasteiger partial charge in [-0.25, -0.2) is 4.98 Å². The van der Waals surface area contributed by atoms with E-state index < -0.39 is 0 Å². The Balaban J connectivity index is 1.62. The highest BCUT2D eigenvalue weighted by atomic mass is 15.2. The van der Waals surface area contributed by atoms with Crippen LogP contribution in [0.4, 0.5) is 5.82 Å². The summed E-state index contributed by atoms with van der Waals surface area (Å²) in [5.41, 5.74) is 1.72. The first kappa shape index (κ1) is 13.8. The summed E-state index contributed by atoms with van der Waals surface area (Å²) in [4.78, 5) is 11.5. The zero-order chi connectivity index (χ0) is 13.8. The van der Waals surface area contributed by atoms with Gasteiger partial charge in [0, 0.05) is 25.8 Å². The van der Waals surface area contributed by atoms with Crippen molar-refractivity contribution in [2.24, 2.45) is 5.41 Å². The number of nitrogens with zero attached hydrogens (tertiary/aromatic N) is 3. The van der Waals surface area contributed by atoms with Crippen molar-refractivity contribution in [1.82, 2.24) is 15.3 Å². The van der Waals surface area contributed by atoms with Crippen LogP contribution in [0.5, 0.6) is 0 Å². The van der Waals surface area contributed by atoms with Crippen molar-refractivity contribution in [2.75, 3.05) is 24.5 Å². The summed E-state index contributed by atoms with van der Waals surface area (Å²) in [6.07, 6.45) is 12.3. The number of nitrogens with one attached hydrogen (secondary N) is 1. The summed E-state index contributed by atoms with van der Waals surface area (Å²) in [5, 5.41) is 3.31. The first-order valence-corrected chi connectivity index (χ1v) is 8.08. The minimum absolute atomic E-state index is 0.672. The summed E-state index contributed by atoms with van der Waals surface area (Å²) in [6.45, 7) is 6.20. The second-order valence-electron chi connectivity index (χ2n) is 6.34. The maximum atomic E-state index is 4.75. The van der Waals surface area contributed by atoms with E-state index in [0.29, 0.717) is 5.41 Å². The van der Waals surface area contributed by atoms with Crippen molar-refractivity contribution in [3.63, 3.8) is 0 Å². The fourth-order valence-corrected chi connectivity index (χ4v) is 3.72. The molecule has 4 heteroatoms. The Labute approximate surface area is 122 Å². The minimum atomic E-state index is 0.672. The van der Waals surface area contributed by atoms with Crippen LogP contribution in [0.25, 0.3) is 0 Å². The molecule has 1 aromatic rings. The monoisotopic (exact) mass is 274 g/mol. The normalized spacial score (nSPS) is 21.6. The van der Waals surface area contributed by atoms with Crippen LogP contribution in [-0.4, -0.2) is 29.6 Å². The average molecular weight is 274 g/mol. The van der Waals surface area contributed by atoms with Crippen LogP contribution in [0.3, 0.4) is 0 Å². The van der Waals surface area contributed by atoms with E-state index >= 15 is 0 Å². The van der Waals surface area contributed by atoms with Gasteiger partial charge in [0.15, 0.2) is 0 Å². The van der Waals surface area contributed by atoms with Gasteiger partial charge in [0.2, 0.25) is 0 Å². The van der Waals surface area contributed by atoms with E-state index in [1.807, 2.05) is 12.4 Å². The highest BCUT2D eigenvalue weighted by Gasteiger charge is 2.37. The average Bonchev–Trinajstić information content (AvgIpc) is 2.94. The third kappa shape index (κ3) is 2.95. The summed E-state index contributed by atoms with van der Waals surface area (Å²) in [5.74, 6) is 1.06. The number of rotatable bonds is 4. The molecule has 1 aliphatic heterocycles. The van der Waals surface area contributed by atoms with E-state index in [1.165, 1.54) is 38.5 Å². The molecule has 1 saturated carbocycles. The standard InChI is InChI=1S/C16H26N4/c1-2-17-11-14-12-18-13-15(19-14)20-9-7-16(8-10-20)5-3-4-6-16/h12-13,17H,2-11H2,1H3. The van der Waals surface area contributed by atoms with Crippen LogP contribution in [0.15, 0.2) is 12.4 Å². The quantitative estimate of drug-likeness (QED) is 0.916. The molecule has 2 fully saturated rings. The first-order chi connectivity index (χ1) is 9.81. The number of hydrogen-bond donors (Lipinski definition) is 1. The second kappa shape index (κ2) is 6.08. The maximum Gasteiger partial charge on any atom is 0.147 e. The lowest BCUT2D eigenvalue weighted by molar-refractivity contribution is 0.226. The van der Waals surface area contributed by atoms with E-state index in [9.17, 15) is 0 Å². The van der Waals surface area contributed by atoms with Gasteiger partial charge in [0.05, 0.1) is 11.9 Å². The van der Waals surface area contributed by atoms with Gasteiger partial charge in [0.25, 0.3) is 0 Å². The van der Waals surface area contributed by atoms with Crippen molar-refractivity contribution in [3.8, 4) is 0 Å². The predicted octanol–water partition coefficient (Wildman–Crippen LogP) is 2.75. The SMILES string of the molecule is CCNCc1cncc(N2CCC3(CCCC3)CC2)n1. The minimum Gasteiger partial charge on any atom is -0.355 e. The van der Waals surface area contributed by atoms with Gasteiger partial charge >= 0.3 is 0 Å². The fraction of sp³-hybridized carbons (Fsp3) is 0.750. The predicted molar refractivity (Wildman–Crippen MR) is 81.8 cm³/mol. The maximum absolute atomic E-state index is 4.75. The van der Waals surface area contributed by atoms with Crippen molar-refractivity contribution in [1.29, 1.82) is 0 Å². The smallest absolute Gasteiger partial charge is 0.147 e. The topological polar surface area (TPSA) is 41.1 Å². The molecule has 1 saturated heterocycles. The molecule has 20 heavy (non-hydrogen) atoms. The number of piperidine rings is 1. The number of aromatic nitrogens is 2. The Bertz CT molecular complexity index is 430. The van der Waals surface area contributed by atoms with Crippen molar-refractivity contribution in [2.45, 2.75) is 52.0 Å². The summed E-state index contributed by atoms with van der Waals surface area (Å²) < 4.78 is 0. The molecule has 1 spiro atoms. The van der Waals surface area contributed by atoms with Gasteiger partial charge < -0.3 is 10.2 Å². The Morgan fingerprint density at radius 2 is 1.90 bits per heavy atom. The molecular formula is C16H26N4. The first-order valence-electron chi connectivity index (χ1n) is 8.08. The van der Waals surface area contributed by atoms with E-state index in [-0.39, 0.29) is 0 Å². The van der Waals surface area contributed by atoms with Crippen LogP contribution in [0.1, 0.15) is 51.1 Å². The third-order valence-corrected chi connectivity index (χ3v) is 5.04. The van der Waals surface area contributed by atoms with Gasteiger partial charge in [-0.15, -0.1) is 0 Å². The van der Waals surface area contributed by atoms with Crippen molar-refractivity contribution >= 4 is 5.82 Å². The Morgan fingerprint density at radius 1 is 1.15 bits per heavy atom. The number of anilines is 1. The Hall–Kier alpha value is -1.16. The summed E-state index contributed by atoms with van der Waals surface area (Å²) >= 11 is 0. The molecule has 1 aliphatic carbocycles. The molecule has 0 unspecified atom stereocenters. The van der Waals surface area contributed by atoms with Crippen LogP contribution in [0.2, 0.25) is 0 Å². The molecule has 3 rings (SSSR count). The highest BCUT2D eigenvalue weighted by molar-refractivity contribution is 5.37. The molecule has 110 valence electrons. The van der Waals surface area contributed by atoms with Crippen LogP contribution in [-0.2, 0) is 6.54 Å². The van der Waals surface area contributed by atoms with Crippen LogP contribution < -0.4 is 10.2 Å². The molecule has 0 bridgehead atoms. The Morgan fingerprint density at radius 3 is 2.60 bits per heavy atom. The molecule has 0 radical (unpaired) electrons. The highest BCUT2D eigenvalue weighted by Crippen LogP contribution is 2.46. The molecular weight excluding hydrogens is 248 g/mol. The lowest BCUT2D eigenvalue weighted by Crippen LogP contribution is -2.39. The van der Waals surface area contributed by atoms with Crippen molar-refractivity contribution in [3.05, 3.63) is 18.1 Å². The fourth-order valence-electron chi connectivity index (χ4n) is 3.72. The second-order valence-corrected chi connectivity index (χ2v) is 6.34. The van der Waals surface area contributed by atoms with Gasteiger partial charge in [-0.05, 0) is 37.6 Å². The third-order valence-electron chi connectivity index (χ3n) is 5.04. The van der Waals surface area contributed by atoms with Gasteiger partial charge in [-0.2, -0.15) is 0 Å². The zero-order valence-corrected chi connectivity index (χ0v) is 12.6. The van der Waals surface area contributed by atoms with Crippen molar-refractivity contribution < 1.29 is 0 Å². The van der Waals surface area contributed by atoms with Gasteiger partial charge in [-0.3, -0.25) is 4.98 Å². The molecule has 2 aliphatic rings. The van der Waals surface area contributed by atoms with Gasteiger partial charge in [-0.1, -0.05) is 19.8 Å². The largest absolute Gasteiger partial charge is 0.355 e. The molecule has 0 atom stereocenters. The lowest BCUT2D eigenvalue weighted by Gasteiger charge is -2.39. The number of hydrogen-bond acceptors (Lipinski definition) is 4. The molecule has 1 aromatic heterocycles. The molecule has 2 heterocycles. The van der Waals surface area contributed by atoms with Crippen LogP contribution in [0, 0.1) is 5.41 Å². The zero-order valence-electron chi connectivity index (χ0n) is 12.6. The van der Waals surface area contributed by atoms with Gasteiger partial charge in [0.1, 0.15) is 5.82 Å². The lowest BCUT2D eigenvalue weighted by atomic mass is 9.77. The summed E-state index contributed by atoms with van der Waals surface area (Å²) in [7, 11) is 0. The van der Waals surface area contributed by atoms with Crippen LogP contribution >= 0.6 is 0 Å². The summed E-state index contributed by atoms with van der Waals surface area (Å²) in [6, 6.07) is 0. The van der Waals surface area contributed by atoms with E-state index in [2.05, 4.69) is 22.1 Å². The van der Waals surface area contributed by atoms with E-state index in [1.54, 1.807) is 0 Å².